The van der Waals surface area contributed by atoms with Crippen LogP contribution in [0.3, 0.4) is 0 Å². The fourth-order valence-corrected chi connectivity index (χ4v) is 1.74. The summed E-state index contributed by atoms with van der Waals surface area (Å²) < 4.78 is 0. The molecule has 0 unspecified atom stereocenters. The zero-order valence-electron chi connectivity index (χ0n) is 9.64. The van der Waals surface area contributed by atoms with Crippen LogP contribution in [0.4, 0.5) is 11.4 Å². The molecule has 2 nitrogen and oxygen atoms in total. The molecule has 0 amide bonds. The van der Waals surface area contributed by atoms with Gasteiger partial charge in [-0.25, -0.2) is 0 Å². The molecule has 2 N–H and O–H groups in total. The van der Waals surface area contributed by atoms with E-state index in [1.165, 1.54) is 11.1 Å². The average Bonchev–Trinajstić information content (AvgIpc) is 2.30. The summed E-state index contributed by atoms with van der Waals surface area (Å²) in [5.41, 5.74) is 10.2. The van der Waals surface area contributed by atoms with Crippen LogP contribution >= 0.6 is 0 Å². The van der Waals surface area contributed by atoms with Crippen molar-refractivity contribution >= 4 is 11.4 Å². The summed E-state index contributed by atoms with van der Waals surface area (Å²) in [6, 6.07) is 16.4. The van der Waals surface area contributed by atoms with Crippen LogP contribution < -0.4 is 10.6 Å². The third-order valence-corrected chi connectivity index (χ3v) is 2.62. The Morgan fingerprint density at radius 3 is 2.19 bits per heavy atom. The molecule has 0 fully saturated rings. The molecule has 0 saturated carbocycles. The second kappa shape index (κ2) is 4.27. The highest BCUT2D eigenvalue weighted by Gasteiger charge is 2.04. The first-order valence-corrected chi connectivity index (χ1v) is 5.31. The summed E-state index contributed by atoms with van der Waals surface area (Å²) >= 11 is 0. The molecule has 82 valence electrons. The summed E-state index contributed by atoms with van der Waals surface area (Å²) in [6.45, 7) is 0. The zero-order valence-corrected chi connectivity index (χ0v) is 9.64. The highest BCUT2D eigenvalue weighted by Crippen LogP contribution is 2.28. The lowest BCUT2D eigenvalue weighted by molar-refractivity contribution is 1.13. The summed E-state index contributed by atoms with van der Waals surface area (Å²) in [6.07, 6.45) is 0. The Kier molecular flexibility index (Phi) is 2.82. The molecule has 0 aliphatic rings. The maximum atomic E-state index is 5.93. The molecule has 0 radical (unpaired) electrons. The summed E-state index contributed by atoms with van der Waals surface area (Å²) in [7, 11) is 4.00. The second-order valence-corrected chi connectivity index (χ2v) is 4.03. The van der Waals surface area contributed by atoms with Gasteiger partial charge >= 0.3 is 0 Å². The molecule has 16 heavy (non-hydrogen) atoms. The number of anilines is 2. The molecule has 2 rings (SSSR count). The van der Waals surface area contributed by atoms with E-state index in [9.17, 15) is 0 Å². The van der Waals surface area contributed by atoms with Crippen LogP contribution in [0.2, 0.25) is 0 Å². The lowest BCUT2D eigenvalue weighted by Crippen LogP contribution is -2.11. The van der Waals surface area contributed by atoms with Gasteiger partial charge in [0.15, 0.2) is 0 Å². The molecule has 0 heterocycles. The van der Waals surface area contributed by atoms with Crippen LogP contribution in [-0.4, -0.2) is 14.1 Å². The maximum absolute atomic E-state index is 5.93. The van der Waals surface area contributed by atoms with Gasteiger partial charge in [-0.15, -0.1) is 0 Å². The van der Waals surface area contributed by atoms with Gasteiger partial charge in [0, 0.05) is 14.1 Å². The van der Waals surface area contributed by atoms with Crippen LogP contribution in [0.25, 0.3) is 11.1 Å². The molecule has 2 aromatic carbocycles. The quantitative estimate of drug-likeness (QED) is 0.775. The van der Waals surface area contributed by atoms with Gasteiger partial charge in [-0.3, -0.25) is 0 Å². The van der Waals surface area contributed by atoms with Gasteiger partial charge in [-0.2, -0.15) is 0 Å². The fourth-order valence-electron chi connectivity index (χ4n) is 1.74. The van der Waals surface area contributed by atoms with Crippen molar-refractivity contribution in [1.82, 2.24) is 0 Å². The number of hydrogen-bond acceptors (Lipinski definition) is 2. The van der Waals surface area contributed by atoms with Gasteiger partial charge in [0.25, 0.3) is 0 Å². The van der Waals surface area contributed by atoms with Gasteiger partial charge in [0.05, 0.1) is 11.4 Å². The minimum absolute atomic E-state index is 0.810. The average molecular weight is 212 g/mol. The van der Waals surface area contributed by atoms with E-state index < -0.39 is 0 Å². The smallest absolute Gasteiger partial charge is 0.0600 e. The van der Waals surface area contributed by atoms with E-state index in [0.717, 1.165) is 11.4 Å². The lowest BCUT2D eigenvalue weighted by Gasteiger charge is -2.16. The zero-order chi connectivity index (χ0) is 11.5. The fraction of sp³-hybridized carbons (Fsp3) is 0.143. The number of hydrogen-bond donors (Lipinski definition) is 1. The minimum Gasteiger partial charge on any atom is -0.397 e. The normalized spacial score (nSPS) is 10.1. The molecule has 0 aromatic heterocycles. The molecule has 2 heteroatoms. The molecule has 0 saturated heterocycles. The first kappa shape index (κ1) is 10.6. The molecule has 0 aliphatic heterocycles. The number of rotatable bonds is 2. The minimum atomic E-state index is 0.810. The Balaban J connectivity index is 2.48. The van der Waals surface area contributed by atoms with Crippen LogP contribution in [0, 0.1) is 0 Å². The van der Waals surface area contributed by atoms with Gasteiger partial charge in [0.2, 0.25) is 0 Å². The van der Waals surface area contributed by atoms with Gasteiger partial charge in [-0.1, -0.05) is 36.4 Å². The molecule has 2 aromatic rings. The Labute approximate surface area is 96.3 Å². The highest BCUT2D eigenvalue weighted by atomic mass is 15.1. The third-order valence-electron chi connectivity index (χ3n) is 2.62. The molecule has 0 aliphatic carbocycles. The first-order chi connectivity index (χ1) is 7.68. The monoisotopic (exact) mass is 212 g/mol. The van der Waals surface area contributed by atoms with Crippen molar-refractivity contribution in [1.29, 1.82) is 0 Å². The Morgan fingerprint density at radius 2 is 1.56 bits per heavy atom. The maximum Gasteiger partial charge on any atom is 0.0600 e. The molecule has 0 bridgehead atoms. The Morgan fingerprint density at radius 1 is 0.875 bits per heavy atom. The number of nitrogens with two attached hydrogens (primary N) is 1. The van der Waals surface area contributed by atoms with Gasteiger partial charge in [-0.05, 0) is 23.3 Å². The molecule has 0 atom stereocenters. The third kappa shape index (κ3) is 2.01. The van der Waals surface area contributed by atoms with E-state index in [1.54, 1.807) is 0 Å². The first-order valence-electron chi connectivity index (χ1n) is 5.31. The van der Waals surface area contributed by atoms with E-state index in [0.29, 0.717) is 0 Å². The summed E-state index contributed by atoms with van der Waals surface area (Å²) in [5, 5.41) is 0. The Hall–Kier alpha value is -1.96. The van der Waals surface area contributed by atoms with E-state index in [-0.39, 0.29) is 0 Å². The lowest BCUT2D eigenvalue weighted by atomic mass is 10.0. The van der Waals surface area contributed by atoms with E-state index in [4.69, 9.17) is 5.73 Å². The summed E-state index contributed by atoms with van der Waals surface area (Å²) in [5.74, 6) is 0. The SMILES string of the molecule is CN(C)c1cc(-c2ccccc2)ccc1N. The van der Waals surface area contributed by atoms with Crippen LogP contribution in [-0.2, 0) is 0 Å². The predicted octanol–water partition coefficient (Wildman–Crippen LogP) is 3.00. The standard InChI is InChI=1S/C14H16N2/c1-16(2)14-10-12(8-9-13(14)15)11-6-4-3-5-7-11/h3-10H,15H2,1-2H3. The van der Waals surface area contributed by atoms with Crippen molar-refractivity contribution in [2.24, 2.45) is 0 Å². The summed E-state index contributed by atoms with van der Waals surface area (Å²) in [4.78, 5) is 2.03. The van der Waals surface area contributed by atoms with Crippen LogP contribution in [0.5, 0.6) is 0 Å². The molecular weight excluding hydrogens is 196 g/mol. The van der Waals surface area contributed by atoms with Crippen LogP contribution in [0.1, 0.15) is 0 Å². The number of benzene rings is 2. The van der Waals surface area contributed by atoms with Crippen molar-refractivity contribution in [2.75, 3.05) is 24.7 Å². The second-order valence-electron chi connectivity index (χ2n) is 4.03. The van der Waals surface area contributed by atoms with E-state index >= 15 is 0 Å². The van der Waals surface area contributed by atoms with E-state index in [2.05, 4.69) is 24.3 Å². The van der Waals surface area contributed by atoms with Crippen molar-refractivity contribution in [3.63, 3.8) is 0 Å². The highest BCUT2D eigenvalue weighted by molar-refractivity contribution is 5.76. The van der Waals surface area contributed by atoms with Gasteiger partial charge in [0.1, 0.15) is 0 Å². The van der Waals surface area contributed by atoms with E-state index in [1.807, 2.05) is 43.3 Å². The molecule has 0 spiro atoms. The molecular formula is C14H16N2. The van der Waals surface area contributed by atoms with Crippen molar-refractivity contribution in [2.45, 2.75) is 0 Å². The largest absolute Gasteiger partial charge is 0.397 e. The topological polar surface area (TPSA) is 29.3 Å². The van der Waals surface area contributed by atoms with Crippen molar-refractivity contribution < 1.29 is 0 Å². The van der Waals surface area contributed by atoms with Gasteiger partial charge < -0.3 is 10.6 Å². The Bertz CT molecular complexity index is 475. The number of nitrogen functional groups attached to an aromatic ring is 1. The van der Waals surface area contributed by atoms with Crippen molar-refractivity contribution in [3.05, 3.63) is 48.5 Å². The van der Waals surface area contributed by atoms with Crippen LogP contribution in [0.15, 0.2) is 48.5 Å². The predicted molar refractivity (Wildman–Crippen MR) is 70.6 cm³/mol. The number of nitrogens with zero attached hydrogens (tertiary/aromatic N) is 1. The van der Waals surface area contributed by atoms with Crippen molar-refractivity contribution in [3.8, 4) is 11.1 Å².